The summed E-state index contributed by atoms with van der Waals surface area (Å²) in [6, 6.07) is 0.405. The molecule has 96 valence electrons. The zero-order valence-corrected chi connectivity index (χ0v) is 12.0. The zero-order valence-electron chi connectivity index (χ0n) is 10.3. The first-order valence-electron chi connectivity index (χ1n) is 5.59. The van der Waals surface area contributed by atoms with E-state index in [4.69, 9.17) is 0 Å². The highest BCUT2D eigenvalue weighted by Gasteiger charge is 2.20. The zero-order chi connectivity index (χ0) is 11.3. The van der Waals surface area contributed by atoms with Crippen LogP contribution in [0.15, 0.2) is 0 Å². The van der Waals surface area contributed by atoms with Gasteiger partial charge < -0.3 is 10.6 Å². The largest absolute Gasteiger partial charge is 0.355 e. The van der Waals surface area contributed by atoms with Gasteiger partial charge in [0.15, 0.2) is 0 Å². The van der Waals surface area contributed by atoms with Crippen LogP contribution in [-0.2, 0) is 4.79 Å². The minimum atomic E-state index is 0. The van der Waals surface area contributed by atoms with E-state index in [0.717, 1.165) is 19.5 Å². The Morgan fingerprint density at radius 3 is 2.75 bits per heavy atom. The first-order valence-corrected chi connectivity index (χ1v) is 6.81. The van der Waals surface area contributed by atoms with Crippen LogP contribution >= 0.6 is 24.2 Å². The van der Waals surface area contributed by atoms with Crippen molar-refractivity contribution in [2.45, 2.75) is 43.9 Å². The van der Waals surface area contributed by atoms with E-state index in [1.54, 1.807) is 11.8 Å². The SMILES string of the molecule is CSC(C)(C)CNC(=O)CC1CCCN1.Cl. The first kappa shape index (κ1) is 16.1. The standard InChI is InChI=1S/C11H22N2OS.ClH/c1-11(2,15-3)8-13-10(14)7-9-5-4-6-12-9;/h9,12H,4-8H2,1-3H3,(H,13,14);1H. The molecule has 5 heteroatoms. The average molecular weight is 267 g/mol. The van der Waals surface area contributed by atoms with Gasteiger partial charge in [-0.05, 0) is 39.5 Å². The molecular formula is C11H23ClN2OS. The number of nitrogens with one attached hydrogen (secondary N) is 2. The van der Waals surface area contributed by atoms with Crippen LogP contribution < -0.4 is 10.6 Å². The third-order valence-electron chi connectivity index (χ3n) is 2.86. The second kappa shape index (κ2) is 7.41. The van der Waals surface area contributed by atoms with E-state index in [-0.39, 0.29) is 23.1 Å². The van der Waals surface area contributed by atoms with Gasteiger partial charge >= 0.3 is 0 Å². The quantitative estimate of drug-likeness (QED) is 0.798. The van der Waals surface area contributed by atoms with Crippen molar-refractivity contribution in [3.63, 3.8) is 0 Å². The van der Waals surface area contributed by atoms with Gasteiger partial charge in [-0.2, -0.15) is 11.8 Å². The van der Waals surface area contributed by atoms with Crippen LogP contribution in [0.1, 0.15) is 33.1 Å². The van der Waals surface area contributed by atoms with Gasteiger partial charge in [0.05, 0.1) is 0 Å². The molecule has 0 spiro atoms. The van der Waals surface area contributed by atoms with Crippen LogP contribution in [0.5, 0.6) is 0 Å². The molecule has 1 unspecified atom stereocenters. The lowest BCUT2D eigenvalue weighted by atomic mass is 10.1. The van der Waals surface area contributed by atoms with Crippen molar-refractivity contribution in [2.24, 2.45) is 0 Å². The highest BCUT2D eigenvalue weighted by Crippen LogP contribution is 2.19. The summed E-state index contributed by atoms with van der Waals surface area (Å²) in [6.07, 6.45) is 5.04. The molecule has 1 aliphatic rings. The molecule has 1 saturated heterocycles. The highest BCUT2D eigenvalue weighted by molar-refractivity contribution is 7.99. The molecule has 3 nitrogen and oxygen atoms in total. The molecule has 1 rings (SSSR count). The van der Waals surface area contributed by atoms with Crippen molar-refractivity contribution in [1.82, 2.24) is 10.6 Å². The number of hydrogen-bond donors (Lipinski definition) is 2. The fourth-order valence-electron chi connectivity index (χ4n) is 1.61. The molecule has 1 amide bonds. The molecule has 0 aromatic carbocycles. The van der Waals surface area contributed by atoms with E-state index < -0.39 is 0 Å². The smallest absolute Gasteiger partial charge is 0.221 e. The van der Waals surface area contributed by atoms with Gasteiger partial charge in [-0.1, -0.05) is 0 Å². The normalized spacial score (nSPS) is 20.3. The Morgan fingerprint density at radius 2 is 2.25 bits per heavy atom. The second-order valence-electron chi connectivity index (χ2n) is 4.74. The Kier molecular flexibility index (Phi) is 7.44. The maximum atomic E-state index is 11.6. The van der Waals surface area contributed by atoms with E-state index in [2.05, 4.69) is 30.7 Å². The molecule has 0 aromatic heterocycles. The summed E-state index contributed by atoms with van der Waals surface area (Å²) in [6.45, 7) is 6.10. The van der Waals surface area contributed by atoms with Crippen molar-refractivity contribution in [3.8, 4) is 0 Å². The molecule has 1 fully saturated rings. The number of amides is 1. The lowest BCUT2D eigenvalue weighted by Gasteiger charge is -2.22. The van der Waals surface area contributed by atoms with Crippen LogP contribution in [0, 0.1) is 0 Å². The van der Waals surface area contributed by atoms with E-state index >= 15 is 0 Å². The number of halogens is 1. The Balaban J connectivity index is 0.00000225. The fraction of sp³-hybridized carbons (Fsp3) is 0.909. The number of rotatable bonds is 5. The maximum Gasteiger partial charge on any atom is 0.221 e. The van der Waals surface area contributed by atoms with E-state index in [1.165, 1.54) is 6.42 Å². The Labute approximate surface area is 109 Å². The van der Waals surface area contributed by atoms with Gasteiger partial charge in [0, 0.05) is 23.8 Å². The predicted molar refractivity (Wildman–Crippen MR) is 73.5 cm³/mol. The van der Waals surface area contributed by atoms with Gasteiger partial charge in [0.2, 0.25) is 5.91 Å². The van der Waals surface area contributed by atoms with Crippen molar-refractivity contribution in [3.05, 3.63) is 0 Å². The van der Waals surface area contributed by atoms with Crippen LogP contribution in [0.25, 0.3) is 0 Å². The van der Waals surface area contributed by atoms with E-state index in [1.807, 2.05) is 0 Å². The van der Waals surface area contributed by atoms with Crippen molar-refractivity contribution in [1.29, 1.82) is 0 Å². The van der Waals surface area contributed by atoms with Gasteiger partial charge in [0.25, 0.3) is 0 Å². The molecule has 0 bridgehead atoms. The molecule has 0 aromatic rings. The van der Waals surface area contributed by atoms with Gasteiger partial charge in [0.1, 0.15) is 0 Å². The fourth-order valence-corrected chi connectivity index (χ4v) is 1.83. The molecular weight excluding hydrogens is 244 g/mol. The van der Waals surface area contributed by atoms with Gasteiger partial charge in [-0.15, -0.1) is 12.4 Å². The number of carbonyl (C=O) groups excluding carboxylic acids is 1. The van der Waals surface area contributed by atoms with E-state index in [9.17, 15) is 4.79 Å². The summed E-state index contributed by atoms with van der Waals surface area (Å²) < 4.78 is 0.138. The minimum absolute atomic E-state index is 0. The lowest BCUT2D eigenvalue weighted by molar-refractivity contribution is -0.121. The number of thioether (sulfide) groups is 1. The molecule has 0 aliphatic carbocycles. The summed E-state index contributed by atoms with van der Waals surface area (Å²) in [5, 5.41) is 6.33. The second-order valence-corrected chi connectivity index (χ2v) is 6.25. The number of carbonyl (C=O) groups is 1. The van der Waals surface area contributed by atoms with Crippen molar-refractivity contribution < 1.29 is 4.79 Å². The van der Waals surface area contributed by atoms with Crippen LogP contribution in [-0.4, -0.2) is 36.0 Å². The Bertz CT molecular complexity index is 218. The summed E-state index contributed by atoms with van der Waals surface area (Å²) >= 11 is 1.78. The molecule has 0 saturated carbocycles. The average Bonchev–Trinajstić information content (AvgIpc) is 2.68. The van der Waals surface area contributed by atoms with Crippen molar-refractivity contribution in [2.75, 3.05) is 19.3 Å². The van der Waals surface area contributed by atoms with Crippen LogP contribution in [0.2, 0.25) is 0 Å². The van der Waals surface area contributed by atoms with E-state index in [0.29, 0.717) is 12.5 Å². The lowest BCUT2D eigenvalue weighted by Crippen LogP contribution is -2.38. The first-order chi connectivity index (χ1) is 7.03. The third kappa shape index (κ3) is 5.97. The predicted octanol–water partition coefficient (Wildman–Crippen LogP) is 1.81. The molecule has 0 radical (unpaired) electrons. The Morgan fingerprint density at radius 1 is 1.56 bits per heavy atom. The molecule has 2 N–H and O–H groups in total. The maximum absolute atomic E-state index is 11.6. The number of hydrogen-bond acceptors (Lipinski definition) is 3. The molecule has 16 heavy (non-hydrogen) atoms. The summed E-state index contributed by atoms with van der Waals surface area (Å²) in [5.74, 6) is 0.177. The molecule has 1 heterocycles. The molecule has 1 aliphatic heterocycles. The summed E-state index contributed by atoms with van der Waals surface area (Å²) in [4.78, 5) is 11.6. The summed E-state index contributed by atoms with van der Waals surface area (Å²) in [5.41, 5.74) is 0. The minimum Gasteiger partial charge on any atom is -0.355 e. The van der Waals surface area contributed by atoms with Crippen LogP contribution in [0.3, 0.4) is 0 Å². The molecule has 1 atom stereocenters. The Hall–Kier alpha value is 0.0700. The van der Waals surface area contributed by atoms with Gasteiger partial charge in [-0.25, -0.2) is 0 Å². The topological polar surface area (TPSA) is 41.1 Å². The highest BCUT2D eigenvalue weighted by atomic mass is 35.5. The van der Waals surface area contributed by atoms with Crippen molar-refractivity contribution >= 4 is 30.1 Å². The monoisotopic (exact) mass is 266 g/mol. The third-order valence-corrected chi connectivity index (χ3v) is 4.11. The summed E-state index contributed by atoms with van der Waals surface area (Å²) in [7, 11) is 0. The van der Waals surface area contributed by atoms with Crippen LogP contribution in [0.4, 0.5) is 0 Å². The van der Waals surface area contributed by atoms with Gasteiger partial charge in [-0.3, -0.25) is 4.79 Å².